The zero-order valence-corrected chi connectivity index (χ0v) is 11.7. The van der Waals surface area contributed by atoms with Crippen molar-refractivity contribution in [3.63, 3.8) is 0 Å². The predicted octanol–water partition coefficient (Wildman–Crippen LogP) is 3.64. The van der Waals surface area contributed by atoms with Gasteiger partial charge >= 0.3 is 0 Å². The van der Waals surface area contributed by atoms with E-state index >= 15 is 0 Å². The molecule has 20 heavy (non-hydrogen) atoms. The average Bonchev–Trinajstić information content (AvgIpc) is 2.76. The molecule has 0 aliphatic rings. The molecule has 0 amide bonds. The second-order valence-corrected chi connectivity index (χ2v) is 4.91. The maximum Gasteiger partial charge on any atom is 0.129 e. The zero-order chi connectivity index (χ0) is 14.1. The molecule has 3 nitrogen and oxygen atoms in total. The van der Waals surface area contributed by atoms with Crippen LogP contribution in [0.3, 0.4) is 0 Å². The molecule has 3 rings (SSSR count). The van der Waals surface area contributed by atoms with Gasteiger partial charge in [0, 0.05) is 12.6 Å². The Kier molecular flexibility index (Phi) is 3.03. The summed E-state index contributed by atoms with van der Waals surface area (Å²) in [7, 11) is 1.88. The molecule has 3 aromatic rings. The van der Waals surface area contributed by atoms with Gasteiger partial charge in [0.25, 0.3) is 0 Å². The zero-order valence-electron chi connectivity index (χ0n) is 11.7. The first kappa shape index (κ1) is 12.5. The monoisotopic (exact) mass is 263 g/mol. The molecule has 0 aliphatic carbocycles. The van der Waals surface area contributed by atoms with Gasteiger partial charge in [0.2, 0.25) is 0 Å². The summed E-state index contributed by atoms with van der Waals surface area (Å²) >= 11 is 0. The van der Waals surface area contributed by atoms with E-state index in [9.17, 15) is 0 Å². The summed E-state index contributed by atoms with van der Waals surface area (Å²) in [5.74, 6) is 0.689. The predicted molar refractivity (Wildman–Crippen MR) is 83.2 cm³/mol. The maximum absolute atomic E-state index is 6.22. The molecule has 0 radical (unpaired) electrons. The molecule has 0 unspecified atom stereocenters. The first-order chi connectivity index (χ1) is 9.68. The summed E-state index contributed by atoms with van der Waals surface area (Å²) in [5.41, 5.74) is 11.6. The number of hydrogen-bond donors (Lipinski definition) is 1. The van der Waals surface area contributed by atoms with Crippen LogP contribution in [0.5, 0.6) is 0 Å². The van der Waals surface area contributed by atoms with Crippen molar-refractivity contribution in [2.24, 2.45) is 7.05 Å². The number of rotatable bonds is 2. The van der Waals surface area contributed by atoms with Gasteiger partial charge in [-0.3, -0.25) is 4.68 Å². The first-order valence-corrected chi connectivity index (χ1v) is 6.62. The van der Waals surface area contributed by atoms with Crippen molar-refractivity contribution in [2.45, 2.75) is 6.92 Å². The Balaban J connectivity index is 2.28. The highest BCUT2D eigenvalue weighted by Crippen LogP contribution is 2.36. The van der Waals surface area contributed by atoms with Gasteiger partial charge in [0.05, 0.1) is 5.56 Å². The van der Waals surface area contributed by atoms with Crippen molar-refractivity contribution in [3.05, 3.63) is 60.2 Å². The molecule has 0 bridgehead atoms. The lowest BCUT2D eigenvalue weighted by atomic mass is 9.98. The van der Waals surface area contributed by atoms with Gasteiger partial charge in [-0.25, -0.2) is 0 Å². The average molecular weight is 263 g/mol. The molecule has 0 fully saturated rings. The van der Waals surface area contributed by atoms with E-state index in [4.69, 9.17) is 5.73 Å². The Hall–Kier alpha value is -2.55. The standard InChI is InChI=1S/C17H17N3/c1-12-8-6-7-11-14(12)16-15(17(18)20(2)19-16)13-9-4-3-5-10-13/h3-11H,18H2,1-2H3. The summed E-state index contributed by atoms with van der Waals surface area (Å²) < 4.78 is 1.74. The van der Waals surface area contributed by atoms with E-state index in [1.807, 2.05) is 37.4 Å². The van der Waals surface area contributed by atoms with E-state index in [0.717, 1.165) is 22.4 Å². The Morgan fingerprint density at radius 3 is 2.30 bits per heavy atom. The molecule has 3 heteroatoms. The third-order valence-corrected chi connectivity index (χ3v) is 3.55. The molecule has 1 heterocycles. The largest absolute Gasteiger partial charge is 0.383 e. The fraction of sp³-hybridized carbons (Fsp3) is 0.118. The van der Waals surface area contributed by atoms with E-state index in [1.54, 1.807) is 4.68 Å². The number of aryl methyl sites for hydroxylation is 2. The van der Waals surface area contributed by atoms with Crippen LogP contribution in [0, 0.1) is 6.92 Å². The quantitative estimate of drug-likeness (QED) is 0.767. The molecule has 0 saturated carbocycles. The summed E-state index contributed by atoms with van der Waals surface area (Å²) in [6.45, 7) is 2.09. The maximum atomic E-state index is 6.22. The smallest absolute Gasteiger partial charge is 0.129 e. The minimum atomic E-state index is 0.689. The minimum absolute atomic E-state index is 0.689. The van der Waals surface area contributed by atoms with Crippen molar-refractivity contribution >= 4 is 5.82 Å². The van der Waals surface area contributed by atoms with Gasteiger partial charge in [-0.1, -0.05) is 54.6 Å². The SMILES string of the molecule is Cc1ccccc1-c1nn(C)c(N)c1-c1ccccc1. The Morgan fingerprint density at radius 2 is 1.60 bits per heavy atom. The van der Waals surface area contributed by atoms with Gasteiger partial charge in [0.15, 0.2) is 0 Å². The molecule has 1 aromatic heterocycles. The van der Waals surface area contributed by atoms with Gasteiger partial charge in [0.1, 0.15) is 11.5 Å². The van der Waals surface area contributed by atoms with E-state index in [2.05, 4.69) is 36.3 Å². The third kappa shape index (κ3) is 1.97. The summed E-state index contributed by atoms with van der Waals surface area (Å²) in [4.78, 5) is 0. The summed E-state index contributed by atoms with van der Waals surface area (Å²) in [6, 6.07) is 18.4. The lowest BCUT2D eigenvalue weighted by molar-refractivity contribution is 0.782. The molecular formula is C17H17N3. The first-order valence-electron chi connectivity index (χ1n) is 6.62. The van der Waals surface area contributed by atoms with E-state index < -0.39 is 0 Å². The highest BCUT2D eigenvalue weighted by molar-refractivity contribution is 5.88. The number of nitrogens with two attached hydrogens (primary N) is 1. The topological polar surface area (TPSA) is 43.8 Å². The molecular weight excluding hydrogens is 246 g/mol. The van der Waals surface area contributed by atoms with Gasteiger partial charge < -0.3 is 5.73 Å². The van der Waals surface area contributed by atoms with Crippen LogP contribution in [0.4, 0.5) is 5.82 Å². The van der Waals surface area contributed by atoms with Crippen LogP contribution < -0.4 is 5.73 Å². The van der Waals surface area contributed by atoms with Crippen LogP contribution in [-0.4, -0.2) is 9.78 Å². The number of nitrogens with zero attached hydrogens (tertiary/aromatic N) is 2. The van der Waals surface area contributed by atoms with Gasteiger partial charge in [-0.15, -0.1) is 0 Å². The molecule has 0 aliphatic heterocycles. The fourth-order valence-corrected chi connectivity index (χ4v) is 2.45. The van der Waals surface area contributed by atoms with E-state index in [1.165, 1.54) is 5.56 Å². The lowest BCUT2D eigenvalue weighted by Gasteiger charge is -2.06. The van der Waals surface area contributed by atoms with Crippen LogP contribution in [-0.2, 0) is 7.05 Å². The second kappa shape index (κ2) is 4.85. The number of nitrogen functional groups attached to an aromatic ring is 1. The van der Waals surface area contributed by atoms with Crippen LogP contribution in [0.1, 0.15) is 5.56 Å². The highest BCUT2D eigenvalue weighted by atomic mass is 15.3. The Morgan fingerprint density at radius 1 is 0.950 bits per heavy atom. The van der Waals surface area contributed by atoms with Crippen LogP contribution in [0.2, 0.25) is 0 Å². The number of hydrogen-bond acceptors (Lipinski definition) is 2. The normalized spacial score (nSPS) is 10.7. The molecule has 0 atom stereocenters. The van der Waals surface area contributed by atoms with E-state index in [0.29, 0.717) is 5.82 Å². The van der Waals surface area contributed by atoms with Crippen molar-refractivity contribution in [2.75, 3.05) is 5.73 Å². The van der Waals surface area contributed by atoms with Crippen molar-refractivity contribution in [1.29, 1.82) is 0 Å². The Labute approximate surface area is 118 Å². The summed E-state index contributed by atoms with van der Waals surface area (Å²) in [5, 5.41) is 4.61. The molecule has 0 saturated heterocycles. The van der Waals surface area contributed by atoms with Crippen LogP contribution >= 0.6 is 0 Å². The van der Waals surface area contributed by atoms with Gasteiger partial charge in [-0.2, -0.15) is 5.10 Å². The number of benzene rings is 2. The third-order valence-electron chi connectivity index (χ3n) is 3.55. The molecule has 0 spiro atoms. The van der Waals surface area contributed by atoms with Crippen LogP contribution in [0.15, 0.2) is 54.6 Å². The second-order valence-electron chi connectivity index (χ2n) is 4.91. The van der Waals surface area contributed by atoms with Crippen molar-refractivity contribution in [3.8, 4) is 22.4 Å². The van der Waals surface area contributed by atoms with Crippen LogP contribution in [0.25, 0.3) is 22.4 Å². The van der Waals surface area contributed by atoms with E-state index in [-0.39, 0.29) is 0 Å². The van der Waals surface area contributed by atoms with Crippen molar-refractivity contribution in [1.82, 2.24) is 9.78 Å². The lowest BCUT2D eigenvalue weighted by Crippen LogP contribution is -1.97. The summed E-state index contributed by atoms with van der Waals surface area (Å²) in [6.07, 6.45) is 0. The molecule has 2 aromatic carbocycles. The number of aromatic nitrogens is 2. The molecule has 2 N–H and O–H groups in total. The highest BCUT2D eigenvalue weighted by Gasteiger charge is 2.17. The van der Waals surface area contributed by atoms with Crippen molar-refractivity contribution < 1.29 is 0 Å². The fourth-order valence-electron chi connectivity index (χ4n) is 2.45. The van der Waals surface area contributed by atoms with Gasteiger partial charge in [-0.05, 0) is 18.1 Å². The molecule has 100 valence electrons. The minimum Gasteiger partial charge on any atom is -0.383 e. The number of anilines is 1. The Bertz CT molecular complexity index is 742.